The lowest BCUT2D eigenvalue weighted by Gasteiger charge is -2.27. The minimum absolute atomic E-state index is 0. The number of carbonyl (C=O) groups is 1. The fourth-order valence-electron chi connectivity index (χ4n) is 3.31. The molecule has 0 saturated carbocycles. The zero-order valence-electron chi connectivity index (χ0n) is 18.0. The summed E-state index contributed by atoms with van der Waals surface area (Å²) in [5.41, 5.74) is 10.9. The van der Waals surface area contributed by atoms with Crippen LogP contribution in [-0.2, 0) is 11.2 Å². The fraction of sp³-hybridized carbons (Fsp3) is 0.240. The maximum atomic E-state index is 13.3. The number of hydrogen-bond acceptors (Lipinski definition) is 3. The third-order valence-corrected chi connectivity index (χ3v) is 5.27. The van der Waals surface area contributed by atoms with Gasteiger partial charge in [-0.25, -0.2) is 0 Å². The van der Waals surface area contributed by atoms with Crippen molar-refractivity contribution in [2.75, 3.05) is 11.4 Å². The van der Waals surface area contributed by atoms with Crippen LogP contribution < -0.4 is 15.4 Å². The predicted octanol–water partition coefficient (Wildman–Crippen LogP) is 5.60. The van der Waals surface area contributed by atoms with Crippen molar-refractivity contribution in [1.82, 2.24) is 0 Å². The first-order chi connectivity index (χ1) is 14.8. The van der Waals surface area contributed by atoms with Crippen LogP contribution in [0, 0.1) is 13.8 Å². The molecule has 4 nitrogen and oxygen atoms in total. The van der Waals surface area contributed by atoms with Gasteiger partial charge in [-0.15, -0.1) is 12.4 Å². The van der Waals surface area contributed by atoms with Gasteiger partial charge in [0.2, 0.25) is 5.91 Å². The number of aryl methyl sites for hydroxylation is 2. The second-order valence-corrected chi connectivity index (χ2v) is 7.42. The molecule has 7 heteroatoms. The van der Waals surface area contributed by atoms with Gasteiger partial charge in [-0.3, -0.25) is 4.79 Å². The molecule has 0 radical (unpaired) electrons. The van der Waals surface area contributed by atoms with Crippen LogP contribution in [0.15, 0.2) is 72.8 Å². The smallest absolute Gasteiger partial charge is 0.387 e. The van der Waals surface area contributed by atoms with E-state index in [-0.39, 0.29) is 24.1 Å². The number of alkyl halides is 2. The SMILES string of the molecule is Cc1ccc(N(CCc2ccc(OC(F)F)cc2)C(=O)C(N)c2ccccc2)cc1C.Cl. The summed E-state index contributed by atoms with van der Waals surface area (Å²) in [5, 5.41) is 0. The van der Waals surface area contributed by atoms with Crippen LogP contribution in [-0.4, -0.2) is 19.1 Å². The van der Waals surface area contributed by atoms with Gasteiger partial charge < -0.3 is 15.4 Å². The van der Waals surface area contributed by atoms with E-state index in [0.717, 1.165) is 27.9 Å². The van der Waals surface area contributed by atoms with Crippen LogP contribution >= 0.6 is 12.4 Å². The summed E-state index contributed by atoms with van der Waals surface area (Å²) in [6.07, 6.45) is 0.537. The molecule has 1 atom stereocenters. The molecule has 0 aliphatic rings. The molecule has 3 aromatic rings. The number of nitrogens with zero attached hydrogens (tertiary/aromatic N) is 1. The van der Waals surface area contributed by atoms with Crippen molar-refractivity contribution >= 4 is 24.0 Å². The lowest BCUT2D eigenvalue weighted by atomic mass is 10.0. The highest BCUT2D eigenvalue weighted by Gasteiger charge is 2.24. The number of nitrogens with two attached hydrogens (primary N) is 1. The molecule has 0 aliphatic carbocycles. The summed E-state index contributed by atoms with van der Waals surface area (Å²) in [4.78, 5) is 15.0. The summed E-state index contributed by atoms with van der Waals surface area (Å²) in [5.74, 6) is -0.0981. The molecular formula is C25H27ClF2N2O2. The first-order valence-electron chi connectivity index (χ1n) is 10.1. The number of amides is 1. The third kappa shape index (κ3) is 6.52. The molecule has 0 bridgehead atoms. The Morgan fingerprint density at radius 2 is 1.62 bits per heavy atom. The molecule has 0 fully saturated rings. The van der Waals surface area contributed by atoms with Crippen molar-refractivity contribution < 1.29 is 18.3 Å². The van der Waals surface area contributed by atoms with Gasteiger partial charge in [0.25, 0.3) is 0 Å². The highest BCUT2D eigenvalue weighted by molar-refractivity contribution is 5.97. The Morgan fingerprint density at radius 1 is 0.969 bits per heavy atom. The second-order valence-electron chi connectivity index (χ2n) is 7.42. The summed E-state index contributed by atoms with van der Waals surface area (Å²) in [6, 6.07) is 20.8. The normalized spacial score (nSPS) is 11.6. The Labute approximate surface area is 193 Å². The number of anilines is 1. The standard InChI is InChI=1S/C25H26F2N2O2.ClH/c1-17-8-11-21(16-18(17)2)29(24(30)23(28)20-6-4-3-5-7-20)15-14-19-9-12-22(13-10-19)31-25(26)27;/h3-13,16,23,25H,14-15,28H2,1-2H3;1H. The van der Waals surface area contributed by atoms with Gasteiger partial charge in [0.1, 0.15) is 11.8 Å². The summed E-state index contributed by atoms with van der Waals surface area (Å²) >= 11 is 0. The third-order valence-electron chi connectivity index (χ3n) is 5.27. The molecule has 0 saturated heterocycles. The van der Waals surface area contributed by atoms with Gasteiger partial charge in [0.05, 0.1) is 0 Å². The number of halogens is 3. The number of hydrogen-bond donors (Lipinski definition) is 1. The minimum Gasteiger partial charge on any atom is -0.435 e. The Balaban J connectivity index is 0.00000363. The molecule has 0 heterocycles. The highest BCUT2D eigenvalue weighted by Crippen LogP contribution is 2.24. The summed E-state index contributed by atoms with van der Waals surface area (Å²) in [7, 11) is 0. The van der Waals surface area contributed by atoms with Gasteiger partial charge in [-0.1, -0.05) is 48.5 Å². The Morgan fingerprint density at radius 3 is 2.22 bits per heavy atom. The first kappa shape index (κ1) is 25.3. The van der Waals surface area contributed by atoms with Gasteiger partial charge in [0, 0.05) is 12.2 Å². The van der Waals surface area contributed by atoms with Gasteiger partial charge in [-0.2, -0.15) is 8.78 Å². The zero-order chi connectivity index (χ0) is 22.4. The summed E-state index contributed by atoms with van der Waals surface area (Å²) in [6.45, 7) is 1.56. The molecule has 170 valence electrons. The molecular weight excluding hydrogens is 434 g/mol. The van der Waals surface area contributed by atoms with E-state index >= 15 is 0 Å². The van der Waals surface area contributed by atoms with E-state index in [0.29, 0.717) is 13.0 Å². The molecule has 0 aliphatic heterocycles. The second kappa shape index (κ2) is 11.6. The van der Waals surface area contributed by atoms with Crippen molar-refractivity contribution in [3.8, 4) is 5.75 Å². The molecule has 0 aromatic heterocycles. The van der Waals surface area contributed by atoms with Crippen LogP contribution in [0.4, 0.5) is 14.5 Å². The Kier molecular flexibility index (Phi) is 9.17. The van der Waals surface area contributed by atoms with Crippen LogP contribution in [0.3, 0.4) is 0 Å². The topological polar surface area (TPSA) is 55.6 Å². The molecule has 1 unspecified atom stereocenters. The van der Waals surface area contributed by atoms with E-state index in [9.17, 15) is 13.6 Å². The number of rotatable bonds is 8. The largest absolute Gasteiger partial charge is 0.435 e. The number of benzene rings is 3. The van der Waals surface area contributed by atoms with Crippen molar-refractivity contribution in [1.29, 1.82) is 0 Å². The summed E-state index contributed by atoms with van der Waals surface area (Å²) < 4.78 is 29.1. The first-order valence-corrected chi connectivity index (χ1v) is 10.1. The van der Waals surface area contributed by atoms with Crippen molar-refractivity contribution in [2.24, 2.45) is 5.73 Å². The van der Waals surface area contributed by atoms with Crippen LogP contribution in [0.25, 0.3) is 0 Å². The van der Waals surface area contributed by atoms with Crippen LogP contribution in [0.5, 0.6) is 5.75 Å². The van der Waals surface area contributed by atoms with Gasteiger partial charge in [-0.05, 0) is 66.8 Å². The lowest BCUT2D eigenvalue weighted by Crippen LogP contribution is -2.40. The van der Waals surface area contributed by atoms with E-state index in [1.807, 2.05) is 62.4 Å². The fourth-order valence-corrected chi connectivity index (χ4v) is 3.31. The monoisotopic (exact) mass is 460 g/mol. The van der Waals surface area contributed by atoms with E-state index < -0.39 is 12.7 Å². The van der Waals surface area contributed by atoms with E-state index in [2.05, 4.69) is 4.74 Å². The van der Waals surface area contributed by atoms with E-state index in [1.54, 1.807) is 17.0 Å². The molecule has 32 heavy (non-hydrogen) atoms. The molecule has 0 spiro atoms. The van der Waals surface area contributed by atoms with E-state index in [4.69, 9.17) is 5.73 Å². The number of carbonyl (C=O) groups excluding carboxylic acids is 1. The van der Waals surface area contributed by atoms with Crippen LogP contribution in [0.2, 0.25) is 0 Å². The Hall–Kier alpha value is -2.96. The van der Waals surface area contributed by atoms with E-state index in [1.165, 1.54) is 12.1 Å². The molecule has 2 N–H and O–H groups in total. The van der Waals surface area contributed by atoms with Crippen LogP contribution in [0.1, 0.15) is 28.3 Å². The maximum Gasteiger partial charge on any atom is 0.387 e. The van der Waals surface area contributed by atoms with Crippen molar-refractivity contribution in [2.45, 2.75) is 32.9 Å². The van der Waals surface area contributed by atoms with Crippen molar-refractivity contribution in [3.63, 3.8) is 0 Å². The minimum atomic E-state index is -2.86. The van der Waals surface area contributed by atoms with Gasteiger partial charge >= 0.3 is 6.61 Å². The highest BCUT2D eigenvalue weighted by atomic mass is 35.5. The van der Waals surface area contributed by atoms with Crippen molar-refractivity contribution in [3.05, 3.63) is 95.1 Å². The quantitative estimate of drug-likeness (QED) is 0.476. The number of ether oxygens (including phenoxy) is 1. The average molecular weight is 461 g/mol. The Bertz CT molecular complexity index is 1010. The van der Waals surface area contributed by atoms with Gasteiger partial charge in [0.15, 0.2) is 0 Å². The maximum absolute atomic E-state index is 13.3. The average Bonchev–Trinajstić information content (AvgIpc) is 2.77. The lowest BCUT2D eigenvalue weighted by molar-refractivity contribution is -0.120. The molecule has 1 amide bonds. The molecule has 3 aromatic carbocycles. The molecule has 3 rings (SSSR count). The zero-order valence-corrected chi connectivity index (χ0v) is 18.8. The predicted molar refractivity (Wildman–Crippen MR) is 126 cm³/mol.